The molecule has 0 amide bonds. The smallest absolute Gasteiger partial charge is 1.00 e. The zero-order valence-corrected chi connectivity index (χ0v) is 8.29. The van der Waals surface area contributed by atoms with E-state index in [1.165, 1.54) is 12.5 Å². The van der Waals surface area contributed by atoms with Crippen molar-refractivity contribution in [2.75, 3.05) is 13.2 Å². The van der Waals surface area contributed by atoms with Crippen LogP contribution in [0.25, 0.3) is 0 Å². The van der Waals surface area contributed by atoms with E-state index in [1.54, 1.807) is 0 Å². The van der Waals surface area contributed by atoms with Gasteiger partial charge in [0, 0.05) is 0 Å². The maximum absolute atomic E-state index is 7.62. The zero-order valence-electron chi connectivity index (χ0n) is 7.29. The molecule has 0 unspecified atom stereocenters. The van der Waals surface area contributed by atoms with E-state index in [1.807, 2.05) is 0 Å². The first-order valence-electron chi connectivity index (χ1n) is 2.42. The molecule has 0 aliphatic carbocycles. The van der Waals surface area contributed by atoms with Crippen LogP contribution in [0.15, 0.2) is 25.7 Å². The van der Waals surface area contributed by atoms with Crippen LogP contribution in [-0.4, -0.2) is 23.4 Å². The van der Waals surface area contributed by atoms with Crippen molar-refractivity contribution >= 4 is 0 Å². The summed E-state index contributed by atoms with van der Waals surface area (Å²) in [7, 11) is 0. The fourth-order valence-electron chi connectivity index (χ4n) is 0.0680. The Hall–Kier alpha value is 0.200. The third-order valence-corrected chi connectivity index (χ3v) is 0.292. The van der Waals surface area contributed by atoms with Gasteiger partial charge in [-0.2, -0.15) is 0 Å². The van der Waals surface area contributed by atoms with Crippen LogP contribution in [-0.2, 0) is 4.74 Å². The van der Waals surface area contributed by atoms with Crippen molar-refractivity contribution in [3.8, 4) is 0 Å². The quantitative estimate of drug-likeness (QED) is 0.347. The SMILES string of the molecule is C=COC=C.OCCO.[H-].[Na+]. The van der Waals surface area contributed by atoms with E-state index in [-0.39, 0.29) is 44.2 Å². The maximum atomic E-state index is 7.62. The molecule has 0 bridgehead atoms. The molecule has 0 aromatic carbocycles. The molecule has 56 valence electrons. The van der Waals surface area contributed by atoms with Crippen LogP contribution in [0.4, 0.5) is 0 Å². The summed E-state index contributed by atoms with van der Waals surface area (Å²) in [4.78, 5) is 0. The standard InChI is InChI=1S/C4H6O.C2H6O2.Na.H/c1-3-5-4-2;3-1-2-4;;/h3-4H,1-2H2;3-4H,1-2H2;;/q;;+1;-1. The van der Waals surface area contributed by atoms with Crippen LogP contribution < -0.4 is 29.6 Å². The van der Waals surface area contributed by atoms with Crippen LogP contribution in [0.1, 0.15) is 1.43 Å². The average Bonchev–Trinajstić information content (AvgIpc) is 1.91. The van der Waals surface area contributed by atoms with Crippen molar-refractivity contribution in [3.05, 3.63) is 25.7 Å². The predicted molar refractivity (Wildman–Crippen MR) is 36.8 cm³/mol. The summed E-state index contributed by atoms with van der Waals surface area (Å²) in [5.41, 5.74) is 0. The van der Waals surface area contributed by atoms with Gasteiger partial charge >= 0.3 is 29.6 Å². The molecule has 0 aromatic rings. The minimum atomic E-state index is -0.125. The van der Waals surface area contributed by atoms with Crippen molar-refractivity contribution in [3.63, 3.8) is 0 Å². The Kier molecular flexibility index (Phi) is 38.1. The van der Waals surface area contributed by atoms with Gasteiger partial charge in [0.05, 0.1) is 25.7 Å². The summed E-state index contributed by atoms with van der Waals surface area (Å²) in [6.45, 7) is 6.26. The van der Waals surface area contributed by atoms with Gasteiger partial charge in [-0.1, -0.05) is 13.2 Å². The van der Waals surface area contributed by atoms with Gasteiger partial charge in [0.1, 0.15) is 0 Å². The second-order valence-electron chi connectivity index (χ2n) is 0.917. The van der Waals surface area contributed by atoms with Crippen molar-refractivity contribution in [1.82, 2.24) is 0 Å². The summed E-state index contributed by atoms with van der Waals surface area (Å²) >= 11 is 0. The largest absolute Gasteiger partial charge is 1.00 e. The topological polar surface area (TPSA) is 49.7 Å². The molecular weight excluding hydrogens is 143 g/mol. The van der Waals surface area contributed by atoms with Gasteiger partial charge < -0.3 is 16.4 Å². The second-order valence-corrected chi connectivity index (χ2v) is 0.917. The Bertz CT molecular complexity index is 62.8. The van der Waals surface area contributed by atoms with E-state index in [0.29, 0.717) is 0 Å². The molecule has 0 aliphatic heterocycles. The molecule has 2 N–H and O–H groups in total. The minimum Gasteiger partial charge on any atom is -1.00 e. The molecule has 0 saturated heterocycles. The first-order valence-corrected chi connectivity index (χ1v) is 2.42. The Morgan fingerprint density at radius 2 is 1.50 bits per heavy atom. The first kappa shape index (κ1) is 16.7. The molecule has 0 aromatic heterocycles. The molecule has 0 heterocycles. The fraction of sp³-hybridized carbons (Fsp3) is 0.333. The Morgan fingerprint density at radius 3 is 1.50 bits per heavy atom. The molecule has 0 radical (unpaired) electrons. The van der Waals surface area contributed by atoms with E-state index in [9.17, 15) is 0 Å². The average molecular weight is 156 g/mol. The Balaban J connectivity index is -0.0000000383. The Morgan fingerprint density at radius 1 is 1.20 bits per heavy atom. The molecular formula is C6H13NaO3. The summed E-state index contributed by atoms with van der Waals surface area (Å²) in [6, 6.07) is 0. The van der Waals surface area contributed by atoms with E-state index < -0.39 is 0 Å². The maximum Gasteiger partial charge on any atom is 1.00 e. The van der Waals surface area contributed by atoms with E-state index in [4.69, 9.17) is 10.2 Å². The van der Waals surface area contributed by atoms with Gasteiger partial charge in [-0.15, -0.1) is 0 Å². The first-order chi connectivity index (χ1) is 4.33. The normalized spacial score (nSPS) is 5.80. The number of aliphatic hydroxyl groups excluding tert-OH is 2. The van der Waals surface area contributed by atoms with Gasteiger partial charge in [0.2, 0.25) is 0 Å². The minimum absolute atomic E-state index is 0. The van der Waals surface area contributed by atoms with E-state index >= 15 is 0 Å². The molecule has 0 fully saturated rings. The molecule has 0 spiro atoms. The second kappa shape index (κ2) is 22.9. The summed E-state index contributed by atoms with van der Waals surface area (Å²) in [5, 5.41) is 15.2. The molecule has 0 saturated carbocycles. The predicted octanol–water partition coefficient (Wildman–Crippen LogP) is -2.62. The van der Waals surface area contributed by atoms with Crippen LogP contribution in [0.2, 0.25) is 0 Å². The van der Waals surface area contributed by atoms with Gasteiger partial charge in [-0.25, -0.2) is 0 Å². The van der Waals surface area contributed by atoms with Gasteiger partial charge in [-0.3, -0.25) is 0 Å². The van der Waals surface area contributed by atoms with Gasteiger partial charge in [-0.05, 0) is 0 Å². The van der Waals surface area contributed by atoms with Gasteiger partial charge in [0.25, 0.3) is 0 Å². The summed E-state index contributed by atoms with van der Waals surface area (Å²) in [6.07, 6.45) is 2.62. The number of ether oxygens (including phenoxy) is 1. The molecule has 0 aliphatic rings. The van der Waals surface area contributed by atoms with Crippen molar-refractivity contribution < 1.29 is 45.9 Å². The number of rotatable bonds is 3. The molecule has 4 heteroatoms. The van der Waals surface area contributed by atoms with E-state index in [0.717, 1.165) is 0 Å². The van der Waals surface area contributed by atoms with Crippen LogP contribution in [0, 0.1) is 0 Å². The van der Waals surface area contributed by atoms with E-state index in [2.05, 4.69) is 17.9 Å². The van der Waals surface area contributed by atoms with Crippen molar-refractivity contribution in [1.29, 1.82) is 0 Å². The molecule has 3 nitrogen and oxygen atoms in total. The molecule has 0 rings (SSSR count). The van der Waals surface area contributed by atoms with Crippen LogP contribution in [0.5, 0.6) is 0 Å². The van der Waals surface area contributed by atoms with Gasteiger partial charge in [0.15, 0.2) is 0 Å². The monoisotopic (exact) mass is 156 g/mol. The third kappa shape index (κ3) is 41.5. The van der Waals surface area contributed by atoms with Crippen molar-refractivity contribution in [2.24, 2.45) is 0 Å². The Labute approximate surface area is 84.8 Å². The molecule has 10 heavy (non-hydrogen) atoms. The number of hydrogen-bond acceptors (Lipinski definition) is 3. The fourth-order valence-corrected chi connectivity index (χ4v) is 0.0680. The van der Waals surface area contributed by atoms with Crippen LogP contribution in [0.3, 0.4) is 0 Å². The third-order valence-electron chi connectivity index (χ3n) is 0.292. The van der Waals surface area contributed by atoms with Crippen molar-refractivity contribution in [2.45, 2.75) is 0 Å². The zero-order chi connectivity index (χ0) is 7.54. The number of hydrogen-bond donors (Lipinski definition) is 2. The molecule has 0 atom stereocenters. The summed E-state index contributed by atoms with van der Waals surface area (Å²) in [5.74, 6) is 0. The number of aliphatic hydroxyl groups is 2. The summed E-state index contributed by atoms with van der Waals surface area (Å²) < 4.78 is 4.36. The van der Waals surface area contributed by atoms with Crippen LogP contribution >= 0.6 is 0 Å².